The van der Waals surface area contributed by atoms with Gasteiger partial charge in [-0.3, -0.25) is 14.6 Å². The zero-order chi connectivity index (χ0) is 21.3. The molecule has 0 radical (unpaired) electrons. The third kappa shape index (κ3) is 4.20. The lowest BCUT2D eigenvalue weighted by molar-refractivity contribution is -0.120. The van der Waals surface area contributed by atoms with Gasteiger partial charge in [-0.05, 0) is 36.8 Å². The number of benzene rings is 2. The van der Waals surface area contributed by atoms with E-state index < -0.39 is 0 Å². The van der Waals surface area contributed by atoms with Crippen LogP contribution in [0.3, 0.4) is 0 Å². The molecule has 0 unspecified atom stereocenters. The van der Waals surface area contributed by atoms with Gasteiger partial charge in [-0.25, -0.2) is 0 Å². The molecule has 30 heavy (non-hydrogen) atoms. The molecule has 0 saturated carbocycles. The molecule has 0 N–H and O–H groups in total. The number of piperazine rings is 1. The number of amides is 1. The number of hydrogen-bond donors (Lipinski definition) is 0. The van der Waals surface area contributed by atoms with E-state index in [9.17, 15) is 4.79 Å². The normalized spacial score (nSPS) is 22.2. The Morgan fingerprint density at radius 2 is 1.77 bits per heavy atom. The van der Waals surface area contributed by atoms with Crippen LogP contribution in [-0.2, 0) is 11.3 Å². The first kappa shape index (κ1) is 21.2. The summed E-state index contributed by atoms with van der Waals surface area (Å²) in [6.07, 6.45) is 0. The Kier molecular flexibility index (Phi) is 6.32. The Morgan fingerprint density at radius 1 is 1.07 bits per heavy atom. The lowest BCUT2D eigenvalue weighted by Gasteiger charge is -2.36. The highest BCUT2D eigenvalue weighted by Crippen LogP contribution is 2.40. The van der Waals surface area contributed by atoms with Crippen molar-refractivity contribution in [3.63, 3.8) is 0 Å². The van der Waals surface area contributed by atoms with E-state index in [0.29, 0.717) is 12.5 Å². The first-order valence-corrected chi connectivity index (χ1v) is 11.0. The van der Waals surface area contributed by atoms with Crippen molar-refractivity contribution in [2.75, 3.05) is 44.7 Å². The van der Waals surface area contributed by atoms with Crippen LogP contribution >= 0.6 is 11.6 Å². The summed E-state index contributed by atoms with van der Waals surface area (Å²) in [5.74, 6) is 1.44. The summed E-state index contributed by atoms with van der Waals surface area (Å²) in [6.45, 7) is 9.25. The first-order valence-electron chi connectivity index (χ1n) is 10.7. The minimum atomic E-state index is 0.198. The summed E-state index contributed by atoms with van der Waals surface area (Å²) in [4.78, 5) is 19.8. The number of carbonyl (C=O) groups is 1. The Bertz CT molecular complexity index is 911. The molecule has 2 aromatic carbocycles. The smallest absolute Gasteiger partial charge is 0.241 e. The highest BCUT2D eigenvalue weighted by Gasteiger charge is 2.36. The maximum atomic E-state index is 13.2. The number of fused-ring (bicyclic) bond motifs is 1. The fourth-order valence-electron chi connectivity index (χ4n) is 4.64. The van der Waals surface area contributed by atoms with Gasteiger partial charge in [0.25, 0.3) is 0 Å². The molecule has 2 aliphatic rings. The maximum absolute atomic E-state index is 13.2. The predicted molar refractivity (Wildman–Crippen MR) is 122 cm³/mol. The van der Waals surface area contributed by atoms with E-state index in [1.807, 2.05) is 29.2 Å². The molecular weight excluding hydrogens is 398 g/mol. The lowest BCUT2D eigenvalue weighted by Crippen LogP contribution is -2.50. The topological polar surface area (TPSA) is 36.0 Å². The zero-order valence-electron chi connectivity index (χ0n) is 18.0. The van der Waals surface area contributed by atoms with Crippen LogP contribution < -0.4 is 9.64 Å². The summed E-state index contributed by atoms with van der Waals surface area (Å²) in [7, 11) is 1.69. The van der Waals surface area contributed by atoms with Gasteiger partial charge in [0.05, 0.1) is 13.7 Å². The predicted octanol–water partition coefficient (Wildman–Crippen LogP) is 4.01. The van der Waals surface area contributed by atoms with Gasteiger partial charge in [-0.15, -0.1) is 0 Å². The van der Waals surface area contributed by atoms with Crippen LogP contribution in [0.2, 0.25) is 5.02 Å². The number of carbonyl (C=O) groups excluding carboxylic acids is 1. The zero-order valence-corrected chi connectivity index (χ0v) is 18.7. The number of anilines is 1. The molecule has 2 heterocycles. The number of ether oxygens (including phenoxy) is 1. The molecule has 0 spiro atoms. The third-order valence-electron chi connectivity index (χ3n) is 6.55. The van der Waals surface area contributed by atoms with Gasteiger partial charge in [0.2, 0.25) is 5.91 Å². The molecule has 1 saturated heterocycles. The van der Waals surface area contributed by atoms with E-state index in [1.165, 1.54) is 5.56 Å². The molecule has 1 fully saturated rings. The Morgan fingerprint density at radius 3 is 2.50 bits per heavy atom. The number of rotatable bonds is 5. The Labute approximate surface area is 184 Å². The number of nitrogens with zero attached hydrogens (tertiary/aromatic N) is 3. The van der Waals surface area contributed by atoms with Crippen LogP contribution in [0, 0.1) is 0 Å². The van der Waals surface area contributed by atoms with Gasteiger partial charge >= 0.3 is 0 Å². The number of para-hydroxylation sites is 1. The Hall–Kier alpha value is -2.08. The fraction of sp³-hybridized carbons (Fsp3) is 0.458. The van der Waals surface area contributed by atoms with Crippen molar-refractivity contribution in [2.24, 2.45) is 0 Å². The monoisotopic (exact) mass is 427 g/mol. The Balaban J connectivity index is 1.34. The molecule has 4 rings (SSSR count). The van der Waals surface area contributed by atoms with Crippen molar-refractivity contribution in [1.29, 1.82) is 0 Å². The fourth-order valence-corrected chi connectivity index (χ4v) is 4.84. The van der Waals surface area contributed by atoms with E-state index in [2.05, 4.69) is 41.8 Å². The molecule has 2 aromatic rings. The minimum absolute atomic E-state index is 0.198. The summed E-state index contributed by atoms with van der Waals surface area (Å²) < 4.78 is 5.47. The van der Waals surface area contributed by atoms with Crippen molar-refractivity contribution >= 4 is 23.2 Å². The van der Waals surface area contributed by atoms with E-state index in [4.69, 9.17) is 16.3 Å². The second-order valence-corrected chi connectivity index (χ2v) is 8.80. The van der Waals surface area contributed by atoms with Crippen LogP contribution in [0.1, 0.15) is 30.9 Å². The molecule has 2 aliphatic heterocycles. The van der Waals surface area contributed by atoms with Crippen molar-refractivity contribution in [3.8, 4) is 5.75 Å². The lowest BCUT2D eigenvalue weighted by atomic mass is 9.98. The summed E-state index contributed by atoms with van der Waals surface area (Å²) in [5.41, 5.74) is 3.46. The number of halogens is 1. The highest BCUT2D eigenvalue weighted by molar-refractivity contribution is 6.30. The molecule has 1 amide bonds. The van der Waals surface area contributed by atoms with E-state index in [-0.39, 0.29) is 11.9 Å². The number of hydrogen-bond acceptors (Lipinski definition) is 4. The van der Waals surface area contributed by atoms with Crippen molar-refractivity contribution in [3.05, 3.63) is 58.6 Å². The second-order valence-electron chi connectivity index (χ2n) is 8.36. The largest absolute Gasteiger partial charge is 0.496 e. The van der Waals surface area contributed by atoms with E-state index >= 15 is 0 Å². The molecule has 5 nitrogen and oxygen atoms in total. The average molecular weight is 428 g/mol. The molecule has 0 aromatic heterocycles. The quantitative estimate of drug-likeness (QED) is 0.722. The molecule has 0 aliphatic carbocycles. The third-order valence-corrected chi connectivity index (χ3v) is 6.78. The first-order chi connectivity index (χ1) is 14.5. The molecule has 0 bridgehead atoms. The SMILES string of the molecule is COc1ccc(Cl)cc1CN1CCN(CC(=O)N2c3ccccc3[C@H](C)[C@@H]2C)CC1. The average Bonchev–Trinajstić information content (AvgIpc) is 3.00. The van der Waals surface area contributed by atoms with Gasteiger partial charge < -0.3 is 9.64 Å². The van der Waals surface area contributed by atoms with Gasteiger partial charge in [0.1, 0.15) is 5.75 Å². The van der Waals surface area contributed by atoms with Crippen molar-refractivity contribution in [2.45, 2.75) is 32.4 Å². The van der Waals surface area contributed by atoms with Crippen LogP contribution in [0.4, 0.5) is 5.69 Å². The summed E-state index contributed by atoms with van der Waals surface area (Å²) in [5, 5.41) is 0.726. The van der Waals surface area contributed by atoms with Crippen molar-refractivity contribution < 1.29 is 9.53 Å². The van der Waals surface area contributed by atoms with Gasteiger partial charge in [0.15, 0.2) is 0 Å². The number of methoxy groups -OCH3 is 1. The molecular formula is C24H30ClN3O2. The summed E-state index contributed by atoms with van der Waals surface area (Å²) in [6, 6.07) is 14.2. The van der Waals surface area contributed by atoms with Gasteiger partial charge in [-0.1, -0.05) is 36.7 Å². The second kappa shape index (κ2) is 8.96. The van der Waals surface area contributed by atoms with Crippen molar-refractivity contribution in [1.82, 2.24) is 9.80 Å². The van der Waals surface area contributed by atoms with Gasteiger partial charge in [0, 0.05) is 61.0 Å². The highest BCUT2D eigenvalue weighted by atomic mass is 35.5. The molecule has 2 atom stereocenters. The minimum Gasteiger partial charge on any atom is -0.496 e. The standard InChI is InChI=1S/C24H30ClN3O2/c1-17-18(2)28(22-7-5-4-6-21(17)22)24(29)16-27-12-10-26(11-13-27)15-19-14-20(25)8-9-23(19)30-3/h4-9,14,17-18H,10-13,15-16H2,1-3H3/t17-,18+/m1/s1. The molecule has 6 heteroatoms. The van der Waals surface area contributed by atoms with E-state index in [0.717, 1.165) is 54.7 Å². The van der Waals surface area contributed by atoms with Crippen LogP contribution in [-0.4, -0.2) is 61.6 Å². The van der Waals surface area contributed by atoms with Crippen LogP contribution in [0.25, 0.3) is 0 Å². The van der Waals surface area contributed by atoms with Crippen LogP contribution in [0.5, 0.6) is 5.75 Å². The molecule has 160 valence electrons. The van der Waals surface area contributed by atoms with Crippen LogP contribution in [0.15, 0.2) is 42.5 Å². The summed E-state index contributed by atoms with van der Waals surface area (Å²) >= 11 is 6.17. The van der Waals surface area contributed by atoms with E-state index in [1.54, 1.807) is 7.11 Å². The maximum Gasteiger partial charge on any atom is 0.241 e. The van der Waals surface area contributed by atoms with Gasteiger partial charge in [-0.2, -0.15) is 0 Å².